The highest BCUT2D eigenvalue weighted by Gasteiger charge is 2.52. The molecule has 2 atom stereocenters. The van der Waals surface area contributed by atoms with Crippen molar-refractivity contribution in [1.82, 2.24) is 19.5 Å². The fraction of sp³-hybridized carbons (Fsp3) is 0.594. The number of methoxy groups -OCH3 is 1. The molecule has 1 N–H and O–H groups in total. The van der Waals surface area contributed by atoms with Crippen LogP contribution in [0, 0.1) is 36.5 Å². The summed E-state index contributed by atoms with van der Waals surface area (Å²) in [6.45, 7) is 6.19. The third kappa shape index (κ3) is 7.34. The Balaban J connectivity index is 1.22. The van der Waals surface area contributed by atoms with Crippen molar-refractivity contribution in [2.24, 2.45) is 17.3 Å². The van der Waals surface area contributed by atoms with Gasteiger partial charge in [0.05, 0.1) is 18.2 Å². The Morgan fingerprint density at radius 2 is 1.96 bits per heavy atom. The number of esters is 2. The topological polar surface area (TPSA) is 187 Å². The molecule has 48 heavy (non-hydrogen) atoms. The van der Waals surface area contributed by atoms with E-state index < -0.39 is 34.5 Å². The molecule has 1 amide bonds. The molecule has 2 saturated carbocycles. The number of aromatic nitrogens is 4. The molecule has 15 nitrogen and oxygen atoms in total. The van der Waals surface area contributed by atoms with E-state index in [0.29, 0.717) is 11.6 Å². The van der Waals surface area contributed by atoms with Crippen molar-refractivity contribution >= 4 is 46.6 Å². The fourth-order valence-electron chi connectivity index (χ4n) is 6.49. The van der Waals surface area contributed by atoms with E-state index in [2.05, 4.69) is 26.2 Å². The van der Waals surface area contributed by atoms with Gasteiger partial charge in [0.1, 0.15) is 12.2 Å². The second-order valence-corrected chi connectivity index (χ2v) is 13.4. The summed E-state index contributed by atoms with van der Waals surface area (Å²) in [5.41, 5.74) is -2.46. The molecule has 2 fully saturated rings. The lowest BCUT2D eigenvalue weighted by molar-refractivity contribution is -0.164. The number of imidazole rings is 1. The predicted molar refractivity (Wildman–Crippen MR) is 169 cm³/mol. The van der Waals surface area contributed by atoms with Crippen molar-refractivity contribution in [2.75, 3.05) is 19.0 Å². The number of terminal acetylenes is 1. The molecular weight excluding hydrogens is 650 g/mol. The summed E-state index contributed by atoms with van der Waals surface area (Å²) in [6, 6.07) is 0. The molecular formula is C32H38ClN5O10. The van der Waals surface area contributed by atoms with Crippen LogP contribution in [-0.4, -0.2) is 62.5 Å². The summed E-state index contributed by atoms with van der Waals surface area (Å²) >= 11 is 6.23. The number of fused-ring (bicyclic) bond motifs is 3. The number of nitrogens with one attached hydrogen (secondary N) is 1. The van der Waals surface area contributed by atoms with Gasteiger partial charge in [-0.25, -0.2) is 14.6 Å². The molecule has 3 heterocycles. The fourth-order valence-corrected chi connectivity index (χ4v) is 6.66. The normalized spacial score (nSPS) is 20.6. The van der Waals surface area contributed by atoms with E-state index in [4.69, 9.17) is 45.8 Å². The molecule has 0 aliphatic heterocycles. The Kier molecular flexibility index (Phi) is 9.89. The van der Waals surface area contributed by atoms with Crippen molar-refractivity contribution in [3.63, 3.8) is 0 Å². The number of nitrogens with zero attached hydrogens (tertiary/aromatic N) is 4. The summed E-state index contributed by atoms with van der Waals surface area (Å²) in [5.74, 6) is 1.29. The third-order valence-electron chi connectivity index (χ3n) is 9.26. The van der Waals surface area contributed by atoms with E-state index in [0.717, 1.165) is 32.1 Å². The van der Waals surface area contributed by atoms with Crippen LogP contribution in [-0.2, 0) is 41.7 Å². The van der Waals surface area contributed by atoms with Crippen molar-refractivity contribution in [2.45, 2.75) is 90.6 Å². The van der Waals surface area contributed by atoms with Gasteiger partial charge in [-0.2, -0.15) is 9.97 Å². The first-order valence-corrected chi connectivity index (χ1v) is 15.9. The van der Waals surface area contributed by atoms with Crippen molar-refractivity contribution < 1.29 is 42.2 Å². The summed E-state index contributed by atoms with van der Waals surface area (Å²) in [5, 5.41) is 2.34. The smallest absolute Gasteiger partial charge is 0.461 e. The Labute approximate surface area is 281 Å². The number of carbonyl (C=O) groups excluding carboxylic acids is 3. The molecule has 2 aliphatic carbocycles. The van der Waals surface area contributed by atoms with Crippen LogP contribution in [0.1, 0.15) is 70.8 Å². The zero-order valence-corrected chi connectivity index (χ0v) is 28.2. The average Bonchev–Trinajstić information content (AvgIpc) is 3.81. The minimum absolute atomic E-state index is 0.0280. The number of aryl methyl sites for hydroxylation is 1. The number of hydrogen-bond donors (Lipinski definition) is 1. The summed E-state index contributed by atoms with van der Waals surface area (Å²) < 4.78 is 33.4. The zero-order valence-electron chi connectivity index (χ0n) is 27.4. The van der Waals surface area contributed by atoms with Crippen LogP contribution in [0.25, 0.3) is 11.2 Å². The quantitative estimate of drug-likeness (QED) is 0.114. The van der Waals surface area contributed by atoms with Crippen LogP contribution >= 0.6 is 11.6 Å². The largest absolute Gasteiger partial charge is 0.519 e. The molecule has 1 unspecified atom stereocenters. The monoisotopic (exact) mass is 687 g/mol. The first-order valence-electron chi connectivity index (χ1n) is 15.5. The molecule has 0 saturated heterocycles. The average molecular weight is 688 g/mol. The highest BCUT2D eigenvalue weighted by Crippen LogP contribution is 2.54. The molecule has 16 heteroatoms. The van der Waals surface area contributed by atoms with E-state index in [-0.39, 0.29) is 66.2 Å². The van der Waals surface area contributed by atoms with Gasteiger partial charge in [0.2, 0.25) is 5.28 Å². The van der Waals surface area contributed by atoms with Gasteiger partial charge in [-0.05, 0) is 70.4 Å². The molecule has 5 rings (SSSR count). The second kappa shape index (κ2) is 13.6. The summed E-state index contributed by atoms with van der Waals surface area (Å²) in [7, 11) is 1.48. The van der Waals surface area contributed by atoms with Gasteiger partial charge < -0.3 is 32.3 Å². The lowest BCUT2D eigenvalue weighted by Crippen LogP contribution is -2.45. The summed E-state index contributed by atoms with van der Waals surface area (Å²) in [4.78, 5) is 62.4. The van der Waals surface area contributed by atoms with Gasteiger partial charge in [0, 0.05) is 19.6 Å². The molecule has 258 valence electrons. The lowest BCUT2D eigenvalue weighted by atomic mass is 9.84. The van der Waals surface area contributed by atoms with Gasteiger partial charge in [-0.15, -0.1) is 6.42 Å². The van der Waals surface area contributed by atoms with Gasteiger partial charge in [-0.3, -0.25) is 14.9 Å². The third-order valence-corrected chi connectivity index (χ3v) is 9.43. The van der Waals surface area contributed by atoms with Gasteiger partial charge in [0.15, 0.2) is 40.7 Å². The maximum atomic E-state index is 13.1. The molecule has 2 bridgehead atoms. The first kappa shape index (κ1) is 34.9. The van der Waals surface area contributed by atoms with Crippen LogP contribution in [0.3, 0.4) is 0 Å². The van der Waals surface area contributed by atoms with Gasteiger partial charge in [0.25, 0.3) is 0 Å². The Bertz CT molecular complexity index is 1800. The molecule has 2 aliphatic rings. The van der Waals surface area contributed by atoms with Gasteiger partial charge in [-0.1, -0.05) is 12.8 Å². The molecule has 3 aromatic rings. The number of rotatable bonds is 13. The van der Waals surface area contributed by atoms with Crippen molar-refractivity contribution in [1.29, 1.82) is 0 Å². The minimum Gasteiger partial charge on any atom is -0.461 e. The van der Waals surface area contributed by atoms with E-state index in [9.17, 15) is 19.2 Å². The highest BCUT2D eigenvalue weighted by atomic mass is 35.5. The Morgan fingerprint density at radius 1 is 1.23 bits per heavy atom. The number of anilines is 1. The van der Waals surface area contributed by atoms with Crippen molar-refractivity contribution in [3.8, 4) is 12.3 Å². The van der Waals surface area contributed by atoms with Crippen LogP contribution < -0.4 is 11.1 Å². The van der Waals surface area contributed by atoms with E-state index in [1.54, 1.807) is 4.57 Å². The first-order chi connectivity index (χ1) is 22.7. The van der Waals surface area contributed by atoms with Crippen molar-refractivity contribution in [3.05, 3.63) is 33.7 Å². The summed E-state index contributed by atoms with van der Waals surface area (Å²) in [6.07, 6.45) is 10.8. The number of amides is 1. The van der Waals surface area contributed by atoms with E-state index in [1.807, 2.05) is 6.92 Å². The number of ether oxygens (including phenoxy) is 4. The van der Waals surface area contributed by atoms with Gasteiger partial charge >= 0.3 is 23.9 Å². The van der Waals surface area contributed by atoms with Crippen LogP contribution in [0.4, 0.5) is 10.6 Å². The SMILES string of the molecule is C#CC(COC(=O)C12CCC(CC1)C2)(OC)[C@@H](C)Cn1cnc2c(NC(=O)OC(C)(C)CC(=O)OCc3oc(=O)oc3C)nc(Cl)nc21. The van der Waals surface area contributed by atoms with Crippen LogP contribution in [0.15, 0.2) is 20.0 Å². The molecule has 0 radical (unpaired) electrons. The molecule has 0 aromatic carbocycles. The molecule has 3 aromatic heterocycles. The Morgan fingerprint density at radius 3 is 2.56 bits per heavy atom. The maximum absolute atomic E-state index is 13.1. The number of hydrogen-bond acceptors (Lipinski definition) is 13. The van der Waals surface area contributed by atoms with Crippen LogP contribution in [0.2, 0.25) is 5.28 Å². The standard InChI is InChI=1S/C32H38ClN5O10/c1-7-32(43-6,16-45-26(40)31-10-8-20(12-31)9-11-31)18(2)14-38-17-34-23-24(35-27(33)37-25(23)38)36-28(41)48-30(4,5)13-22(39)44-15-21-19(3)46-29(42)47-21/h1,17-18,20H,8-16H2,2-6H3,(H,35,36,37,41)/t18-,20?,31?,32?/m0/s1. The highest BCUT2D eigenvalue weighted by molar-refractivity contribution is 6.28. The number of carbonyl (C=O) groups is 3. The maximum Gasteiger partial charge on any atom is 0.519 e. The zero-order chi connectivity index (χ0) is 34.9. The minimum atomic E-state index is -1.31. The molecule has 0 spiro atoms. The Hall–Kier alpha value is -4.42. The predicted octanol–water partition coefficient (Wildman–Crippen LogP) is 4.57. The lowest BCUT2D eigenvalue weighted by Gasteiger charge is -2.34. The number of halogens is 1. The second-order valence-electron chi connectivity index (χ2n) is 13.1. The van der Waals surface area contributed by atoms with E-state index in [1.165, 1.54) is 34.2 Å². The van der Waals surface area contributed by atoms with E-state index >= 15 is 0 Å². The van der Waals surface area contributed by atoms with Crippen LogP contribution in [0.5, 0.6) is 0 Å².